The van der Waals surface area contributed by atoms with Gasteiger partial charge in [0.05, 0.1) is 16.8 Å². The number of halogens is 1. The number of nitrogens with zero attached hydrogens (tertiary/aromatic N) is 3. The van der Waals surface area contributed by atoms with Crippen LogP contribution < -0.4 is 5.32 Å². The van der Waals surface area contributed by atoms with Crippen molar-refractivity contribution in [2.24, 2.45) is 0 Å². The fourth-order valence-corrected chi connectivity index (χ4v) is 3.04. The molecule has 6 heteroatoms. The van der Waals surface area contributed by atoms with Crippen molar-refractivity contribution in [1.82, 2.24) is 15.0 Å². The summed E-state index contributed by atoms with van der Waals surface area (Å²) >= 11 is 6.29. The van der Waals surface area contributed by atoms with Crippen LogP contribution in [0.3, 0.4) is 0 Å². The van der Waals surface area contributed by atoms with Crippen LogP contribution in [0.4, 0.5) is 5.69 Å². The topological polar surface area (TPSA) is 67.8 Å². The summed E-state index contributed by atoms with van der Waals surface area (Å²) < 4.78 is 0. The molecule has 0 fully saturated rings. The Hall–Kier alpha value is -3.31. The van der Waals surface area contributed by atoms with E-state index in [0.29, 0.717) is 27.5 Å². The molecule has 1 amide bonds. The van der Waals surface area contributed by atoms with Crippen LogP contribution in [0.1, 0.15) is 15.9 Å². The highest BCUT2D eigenvalue weighted by molar-refractivity contribution is 6.32. The van der Waals surface area contributed by atoms with Gasteiger partial charge in [-0.2, -0.15) is 0 Å². The van der Waals surface area contributed by atoms with Crippen LogP contribution in [0, 0.1) is 6.92 Å². The smallest absolute Gasteiger partial charge is 0.256 e. The van der Waals surface area contributed by atoms with Crippen molar-refractivity contribution < 1.29 is 4.79 Å². The minimum Gasteiger partial charge on any atom is -0.322 e. The summed E-state index contributed by atoms with van der Waals surface area (Å²) in [5.41, 5.74) is 4.23. The fraction of sp³-hybridized carbons (Fsp3) is 0.0476. The molecule has 3 aromatic heterocycles. The number of nitrogens with one attached hydrogen (secondary N) is 1. The molecule has 1 aromatic carbocycles. The number of carbonyl (C=O) groups is 1. The van der Waals surface area contributed by atoms with E-state index in [1.165, 1.54) is 0 Å². The molecule has 0 radical (unpaired) electrons. The molecule has 3 heterocycles. The summed E-state index contributed by atoms with van der Waals surface area (Å²) in [5, 5.41) is 4.26. The molecule has 0 bridgehead atoms. The summed E-state index contributed by atoms with van der Waals surface area (Å²) in [7, 11) is 0. The van der Waals surface area contributed by atoms with E-state index in [9.17, 15) is 4.79 Å². The van der Waals surface area contributed by atoms with Gasteiger partial charge in [-0.3, -0.25) is 14.8 Å². The van der Waals surface area contributed by atoms with E-state index in [1.54, 1.807) is 49.1 Å². The van der Waals surface area contributed by atoms with Crippen LogP contribution in [-0.2, 0) is 0 Å². The van der Waals surface area contributed by atoms with Gasteiger partial charge in [0.15, 0.2) is 0 Å². The largest absolute Gasteiger partial charge is 0.322 e. The number of carbonyl (C=O) groups excluding carboxylic acids is 1. The van der Waals surface area contributed by atoms with Crippen LogP contribution in [0.2, 0.25) is 5.02 Å². The molecule has 4 aromatic rings. The average Bonchev–Trinajstić information content (AvgIpc) is 2.71. The quantitative estimate of drug-likeness (QED) is 0.553. The van der Waals surface area contributed by atoms with Crippen LogP contribution in [0.25, 0.3) is 22.2 Å². The maximum Gasteiger partial charge on any atom is 0.256 e. The highest BCUT2D eigenvalue weighted by Gasteiger charge is 2.16. The van der Waals surface area contributed by atoms with Gasteiger partial charge in [-0.05, 0) is 48.9 Å². The number of amides is 1. The van der Waals surface area contributed by atoms with Gasteiger partial charge in [0, 0.05) is 46.4 Å². The Labute approximate surface area is 161 Å². The lowest BCUT2D eigenvalue weighted by molar-refractivity contribution is 0.102. The normalized spacial score (nSPS) is 10.7. The van der Waals surface area contributed by atoms with Gasteiger partial charge in [0.2, 0.25) is 0 Å². The molecule has 132 valence electrons. The van der Waals surface area contributed by atoms with Gasteiger partial charge < -0.3 is 5.32 Å². The molecule has 0 spiro atoms. The first-order valence-electron chi connectivity index (χ1n) is 8.35. The number of anilines is 1. The number of pyridine rings is 3. The molecule has 0 aliphatic carbocycles. The SMILES string of the molecule is Cc1c(Cl)ccc2c(C(=O)Nc3ccncc3)cc(-c3cccnc3)nc12. The minimum absolute atomic E-state index is 0.222. The monoisotopic (exact) mass is 374 g/mol. The Morgan fingerprint density at radius 3 is 2.59 bits per heavy atom. The number of rotatable bonds is 3. The minimum atomic E-state index is -0.222. The summed E-state index contributed by atoms with van der Waals surface area (Å²) in [6.45, 7) is 1.90. The molecule has 0 saturated carbocycles. The highest BCUT2D eigenvalue weighted by atomic mass is 35.5. The molecule has 1 N–H and O–H groups in total. The molecule has 0 atom stereocenters. The third kappa shape index (κ3) is 3.37. The van der Waals surface area contributed by atoms with Crippen LogP contribution in [0.5, 0.6) is 0 Å². The van der Waals surface area contributed by atoms with Gasteiger partial charge >= 0.3 is 0 Å². The average molecular weight is 375 g/mol. The van der Waals surface area contributed by atoms with E-state index in [-0.39, 0.29) is 5.91 Å². The second-order valence-electron chi connectivity index (χ2n) is 6.06. The predicted molar refractivity (Wildman–Crippen MR) is 107 cm³/mol. The molecule has 4 rings (SSSR count). The summed E-state index contributed by atoms with van der Waals surface area (Å²) in [4.78, 5) is 25.9. The maximum atomic E-state index is 13.0. The second kappa shape index (κ2) is 7.13. The van der Waals surface area contributed by atoms with E-state index < -0.39 is 0 Å². The van der Waals surface area contributed by atoms with E-state index >= 15 is 0 Å². The summed E-state index contributed by atoms with van der Waals surface area (Å²) in [6.07, 6.45) is 6.68. The molecule has 0 unspecified atom stereocenters. The molecular weight excluding hydrogens is 360 g/mol. The Balaban J connectivity index is 1.90. The van der Waals surface area contributed by atoms with Gasteiger partial charge in [-0.25, -0.2) is 4.98 Å². The van der Waals surface area contributed by atoms with Crippen LogP contribution in [0.15, 0.2) is 67.3 Å². The molecule has 0 aliphatic heterocycles. The lowest BCUT2D eigenvalue weighted by Crippen LogP contribution is -2.13. The van der Waals surface area contributed by atoms with Crippen molar-refractivity contribution >= 4 is 34.1 Å². The van der Waals surface area contributed by atoms with E-state index in [0.717, 1.165) is 16.5 Å². The number of aromatic nitrogens is 3. The van der Waals surface area contributed by atoms with E-state index in [2.05, 4.69) is 15.3 Å². The zero-order chi connectivity index (χ0) is 18.8. The van der Waals surface area contributed by atoms with Gasteiger partial charge in [-0.15, -0.1) is 0 Å². The lowest BCUT2D eigenvalue weighted by atomic mass is 10.0. The maximum absolute atomic E-state index is 13.0. The Morgan fingerprint density at radius 1 is 1.04 bits per heavy atom. The number of hydrogen-bond acceptors (Lipinski definition) is 4. The first-order chi connectivity index (χ1) is 13.1. The first kappa shape index (κ1) is 17.1. The van der Waals surface area contributed by atoms with Gasteiger partial charge in [-0.1, -0.05) is 17.7 Å². The number of fused-ring (bicyclic) bond motifs is 1. The van der Waals surface area contributed by atoms with Gasteiger partial charge in [0.1, 0.15) is 0 Å². The number of hydrogen-bond donors (Lipinski definition) is 1. The Bertz CT molecular complexity index is 1130. The Morgan fingerprint density at radius 2 is 1.85 bits per heavy atom. The zero-order valence-corrected chi connectivity index (χ0v) is 15.2. The molecule has 27 heavy (non-hydrogen) atoms. The molecular formula is C21H15ClN4O. The Kier molecular flexibility index (Phi) is 4.52. The summed E-state index contributed by atoms with van der Waals surface area (Å²) in [6, 6.07) is 12.6. The lowest BCUT2D eigenvalue weighted by Gasteiger charge is -2.12. The van der Waals surface area contributed by atoms with Crippen LogP contribution >= 0.6 is 11.6 Å². The number of benzene rings is 1. The first-order valence-corrected chi connectivity index (χ1v) is 8.73. The number of aryl methyl sites for hydroxylation is 1. The van der Waals surface area contributed by atoms with Crippen molar-refractivity contribution in [3.05, 3.63) is 83.4 Å². The summed E-state index contributed by atoms with van der Waals surface area (Å²) in [5.74, 6) is -0.222. The van der Waals surface area contributed by atoms with Crippen molar-refractivity contribution in [2.75, 3.05) is 5.32 Å². The van der Waals surface area contributed by atoms with Crippen molar-refractivity contribution in [2.45, 2.75) is 6.92 Å². The third-order valence-corrected chi connectivity index (χ3v) is 4.72. The predicted octanol–water partition coefficient (Wildman–Crippen LogP) is 4.91. The van der Waals surface area contributed by atoms with Crippen molar-refractivity contribution in [3.8, 4) is 11.3 Å². The third-order valence-electron chi connectivity index (χ3n) is 4.31. The standard InChI is InChI=1S/C21H15ClN4O/c1-13-18(22)5-4-16-17(21(27)25-15-6-9-23-10-7-15)11-19(26-20(13)16)14-3-2-8-24-12-14/h2-12H,1H3,(H,23,25,27). The fourth-order valence-electron chi connectivity index (χ4n) is 2.89. The van der Waals surface area contributed by atoms with Crippen molar-refractivity contribution in [3.63, 3.8) is 0 Å². The highest BCUT2D eigenvalue weighted by Crippen LogP contribution is 2.30. The van der Waals surface area contributed by atoms with E-state index in [1.807, 2.05) is 25.1 Å². The molecule has 0 saturated heterocycles. The van der Waals surface area contributed by atoms with Crippen molar-refractivity contribution in [1.29, 1.82) is 0 Å². The van der Waals surface area contributed by atoms with E-state index in [4.69, 9.17) is 16.6 Å². The second-order valence-corrected chi connectivity index (χ2v) is 6.46. The zero-order valence-electron chi connectivity index (χ0n) is 14.5. The van der Waals surface area contributed by atoms with Crippen LogP contribution in [-0.4, -0.2) is 20.9 Å². The molecule has 0 aliphatic rings. The van der Waals surface area contributed by atoms with Gasteiger partial charge in [0.25, 0.3) is 5.91 Å². The molecule has 5 nitrogen and oxygen atoms in total.